The van der Waals surface area contributed by atoms with E-state index in [0.717, 1.165) is 43.9 Å². The molecule has 1 atom stereocenters. The third-order valence-electron chi connectivity index (χ3n) is 4.73. The molecule has 1 amide bonds. The zero-order chi connectivity index (χ0) is 18.5. The number of aryl methyl sites for hydroxylation is 1. The minimum absolute atomic E-state index is 0.100. The number of hydrogen-bond donors (Lipinski definition) is 2. The molecule has 0 aromatic carbocycles. The average molecular weight is 365 g/mol. The normalized spacial score (nSPS) is 16.6. The zero-order valence-corrected chi connectivity index (χ0v) is 15.1. The summed E-state index contributed by atoms with van der Waals surface area (Å²) < 4.78 is 1.99. The first-order valence-corrected chi connectivity index (χ1v) is 9.25. The quantitative estimate of drug-likeness (QED) is 0.667. The molecule has 2 N–H and O–H groups in total. The highest BCUT2D eigenvalue weighted by Gasteiger charge is 2.25. The van der Waals surface area contributed by atoms with Crippen molar-refractivity contribution in [1.82, 2.24) is 29.8 Å². The second kappa shape index (κ2) is 8.03. The van der Waals surface area contributed by atoms with Crippen LogP contribution in [0.4, 0.5) is 5.95 Å². The molecule has 27 heavy (non-hydrogen) atoms. The maximum absolute atomic E-state index is 12.2. The smallest absolute Gasteiger partial charge is 0.225 e. The molecule has 0 spiro atoms. The van der Waals surface area contributed by atoms with Crippen molar-refractivity contribution in [2.75, 3.05) is 18.0 Å². The van der Waals surface area contributed by atoms with Gasteiger partial charge >= 0.3 is 0 Å². The van der Waals surface area contributed by atoms with Crippen molar-refractivity contribution in [2.45, 2.75) is 31.8 Å². The van der Waals surface area contributed by atoms with Gasteiger partial charge in [0.05, 0.1) is 17.7 Å². The summed E-state index contributed by atoms with van der Waals surface area (Å²) in [5.41, 5.74) is 1.84. The van der Waals surface area contributed by atoms with Gasteiger partial charge in [0.1, 0.15) is 0 Å². The fourth-order valence-electron chi connectivity index (χ4n) is 3.34. The van der Waals surface area contributed by atoms with Crippen LogP contribution < -0.4 is 10.2 Å². The predicted octanol–water partition coefficient (Wildman–Crippen LogP) is 1.84. The van der Waals surface area contributed by atoms with Gasteiger partial charge in [0.15, 0.2) is 0 Å². The van der Waals surface area contributed by atoms with E-state index in [2.05, 4.69) is 30.2 Å². The Kier molecular flexibility index (Phi) is 5.13. The van der Waals surface area contributed by atoms with Gasteiger partial charge in [-0.25, -0.2) is 15.0 Å². The Balaban J connectivity index is 1.27. The minimum atomic E-state index is 0.100. The van der Waals surface area contributed by atoms with E-state index in [9.17, 15) is 4.79 Å². The lowest BCUT2D eigenvalue weighted by Gasteiger charge is -2.17. The number of hydrogen-bond acceptors (Lipinski definition) is 5. The number of aromatic nitrogens is 5. The number of nitrogens with zero attached hydrogens (tertiary/aromatic N) is 5. The Morgan fingerprint density at radius 3 is 3.11 bits per heavy atom. The van der Waals surface area contributed by atoms with Gasteiger partial charge in [-0.3, -0.25) is 4.79 Å². The van der Waals surface area contributed by atoms with Gasteiger partial charge in [-0.1, -0.05) is 0 Å². The molecule has 4 heterocycles. The second-order valence-corrected chi connectivity index (χ2v) is 6.73. The molecule has 0 saturated carbocycles. The lowest BCUT2D eigenvalue weighted by Crippen LogP contribution is -2.37. The number of aromatic amines is 1. The molecule has 8 heteroatoms. The zero-order valence-electron chi connectivity index (χ0n) is 15.1. The van der Waals surface area contributed by atoms with Gasteiger partial charge in [0.25, 0.3) is 0 Å². The van der Waals surface area contributed by atoms with Crippen molar-refractivity contribution in [2.24, 2.45) is 0 Å². The predicted molar refractivity (Wildman–Crippen MR) is 102 cm³/mol. The van der Waals surface area contributed by atoms with Gasteiger partial charge in [0, 0.05) is 56.9 Å². The van der Waals surface area contributed by atoms with Crippen LogP contribution in [0.25, 0.3) is 11.4 Å². The lowest BCUT2D eigenvalue weighted by molar-refractivity contribution is -0.121. The third-order valence-corrected chi connectivity index (χ3v) is 4.73. The monoisotopic (exact) mass is 365 g/mol. The van der Waals surface area contributed by atoms with Crippen molar-refractivity contribution in [3.63, 3.8) is 0 Å². The Morgan fingerprint density at radius 2 is 2.30 bits per heavy atom. The Bertz CT molecular complexity index is 860. The molecule has 140 valence electrons. The molecule has 1 saturated heterocycles. The minimum Gasteiger partial charge on any atom is -0.360 e. The molecule has 0 radical (unpaired) electrons. The van der Waals surface area contributed by atoms with Crippen molar-refractivity contribution in [3.8, 4) is 11.4 Å². The van der Waals surface area contributed by atoms with E-state index in [0.29, 0.717) is 12.4 Å². The number of rotatable bonds is 7. The fraction of sp³-hybridized carbons (Fsp3) is 0.368. The number of H-pyrrole nitrogens is 1. The summed E-state index contributed by atoms with van der Waals surface area (Å²) in [5.74, 6) is 0.807. The van der Waals surface area contributed by atoms with Gasteiger partial charge in [-0.05, 0) is 31.0 Å². The van der Waals surface area contributed by atoms with Gasteiger partial charge in [-0.15, -0.1) is 0 Å². The molecule has 8 nitrogen and oxygen atoms in total. The van der Waals surface area contributed by atoms with Crippen molar-refractivity contribution in [1.29, 1.82) is 0 Å². The van der Waals surface area contributed by atoms with E-state index in [1.165, 1.54) is 0 Å². The largest absolute Gasteiger partial charge is 0.360 e. The summed E-state index contributed by atoms with van der Waals surface area (Å²) in [6.45, 7) is 2.39. The highest BCUT2D eigenvalue weighted by Crippen LogP contribution is 2.20. The average Bonchev–Trinajstić information content (AvgIpc) is 3.44. The summed E-state index contributed by atoms with van der Waals surface area (Å²) in [6.07, 6.45) is 11.3. The molecule has 4 rings (SSSR count). The first-order chi connectivity index (χ1) is 13.3. The fourth-order valence-corrected chi connectivity index (χ4v) is 3.34. The van der Waals surface area contributed by atoms with Crippen LogP contribution in [0.1, 0.15) is 19.3 Å². The summed E-state index contributed by atoms with van der Waals surface area (Å²) in [5, 5.41) is 3.13. The molecule has 1 aliphatic rings. The number of carbonyl (C=O) groups is 1. The molecule has 3 aromatic heterocycles. The van der Waals surface area contributed by atoms with Crippen LogP contribution in [0.3, 0.4) is 0 Å². The van der Waals surface area contributed by atoms with E-state index in [4.69, 9.17) is 0 Å². The molecular weight excluding hydrogens is 342 g/mol. The van der Waals surface area contributed by atoms with Crippen LogP contribution in [-0.2, 0) is 11.3 Å². The standard InChI is InChI=1S/C19H23N7O/c27-18(4-2-10-25-12-9-20-14-25)23-15-6-11-26(13-15)19-22-8-5-17(24-19)16-3-1-7-21-16/h1,3,5,7-9,12,14-15,21H,2,4,6,10-11,13H2,(H,23,27). The first kappa shape index (κ1) is 17.3. The van der Waals surface area contributed by atoms with Gasteiger partial charge in [-0.2, -0.15) is 0 Å². The van der Waals surface area contributed by atoms with Gasteiger partial charge < -0.3 is 19.8 Å². The highest BCUT2D eigenvalue weighted by atomic mass is 16.1. The molecule has 3 aromatic rings. The molecule has 0 aliphatic carbocycles. The Morgan fingerprint density at radius 1 is 1.33 bits per heavy atom. The molecule has 1 fully saturated rings. The lowest BCUT2D eigenvalue weighted by atomic mass is 10.2. The second-order valence-electron chi connectivity index (χ2n) is 6.73. The van der Waals surface area contributed by atoms with E-state index in [1.54, 1.807) is 18.7 Å². The maximum Gasteiger partial charge on any atom is 0.225 e. The van der Waals surface area contributed by atoms with E-state index in [-0.39, 0.29) is 11.9 Å². The van der Waals surface area contributed by atoms with Gasteiger partial charge in [0.2, 0.25) is 11.9 Å². The summed E-state index contributed by atoms with van der Waals surface area (Å²) >= 11 is 0. The Labute approximate surface area is 157 Å². The molecule has 0 bridgehead atoms. The summed E-state index contributed by atoms with van der Waals surface area (Å²) in [7, 11) is 0. The van der Waals surface area contributed by atoms with Crippen LogP contribution in [0, 0.1) is 0 Å². The number of imidazole rings is 1. The number of nitrogens with one attached hydrogen (secondary N) is 2. The van der Waals surface area contributed by atoms with Crippen LogP contribution in [-0.4, -0.2) is 49.5 Å². The Hall–Kier alpha value is -3.16. The van der Waals surface area contributed by atoms with Crippen LogP contribution in [0.15, 0.2) is 49.3 Å². The van der Waals surface area contributed by atoms with Crippen LogP contribution in [0.5, 0.6) is 0 Å². The number of carbonyl (C=O) groups excluding carboxylic acids is 1. The molecule has 1 unspecified atom stereocenters. The van der Waals surface area contributed by atoms with Crippen molar-refractivity contribution in [3.05, 3.63) is 49.3 Å². The molecular formula is C19H23N7O. The van der Waals surface area contributed by atoms with Crippen LogP contribution >= 0.6 is 0 Å². The topological polar surface area (TPSA) is 91.7 Å². The van der Waals surface area contributed by atoms with E-state index < -0.39 is 0 Å². The summed E-state index contributed by atoms with van der Waals surface area (Å²) in [6, 6.07) is 5.97. The van der Waals surface area contributed by atoms with Crippen molar-refractivity contribution < 1.29 is 4.79 Å². The molecule has 1 aliphatic heterocycles. The number of anilines is 1. The van der Waals surface area contributed by atoms with E-state index >= 15 is 0 Å². The first-order valence-electron chi connectivity index (χ1n) is 9.25. The van der Waals surface area contributed by atoms with Crippen molar-refractivity contribution >= 4 is 11.9 Å². The van der Waals surface area contributed by atoms with E-state index in [1.807, 2.05) is 35.2 Å². The summed E-state index contributed by atoms with van der Waals surface area (Å²) in [4.78, 5) is 30.5. The third kappa shape index (κ3) is 4.33. The maximum atomic E-state index is 12.2. The highest BCUT2D eigenvalue weighted by molar-refractivity contribution is 5.76. The SMILES string of the molecule is O=C(CCCn1ccnc1)NC1CCN(c2nccc(-c3ccc[nH]3)n2)C1. The van der Waals surface area contributed by atoms with Crippen LogP contribution in [0.2, 0.25) is 0 Å². The number of amides is 1.